The Labute approximate surface area is 92.3 Å². The lowest BCUT2D eigenvalue weighted by Gasteiger charge is -2.05. The Morgan fingerprint density at radius 3 is 2.94 bits per heavy atom. The lowest BCUT2D eigenvalue weighted by atomic mass is 10.0. The third kappa shape index (κ3) is 1.86. The topological polar surface area (TPSA) is 38.7 Å². The van der Waals surface area contributed by atoms with Crippen LogP contribution in [0.15, 0.2) is 35.0 Å². The van der Waals surface area contributed by atoms with Crippen LogP contribution < -0.4 is 4.74 Å². The minimum Gasteiger partial charge on any atom is -0.497 e. The molecule has 0 atom stereocenters. The van der Waals surface area contributed by atoms with E-state index >= 15 is 0 Å². The van der Waals surface area contributed by atoms with Crippen molar-refractivity contribution in [3.63, 3.8) is 0 Å². The maximum atomic E-state index is 13.5. The van der Waals surface area contributed by atoms with Gasteiger partial charge in [-0.3, -0.25) is 9.79 Å². The first kappa shape index (κ1) is 10.5. The van der Waals surface area contributed by atoms with Crippen molar-refractivity contribution in [2.75, 3.05) is 7.11 Å². The molecule has 3 nitrogen and oxygen atoms in total. The number of rotatable bonds is 3. The van der Waals surface area contributed by atoms with Gasteiger partial charge in [-0.25, -0.2) is 4.39 Å². The summed E-state index contributed by atoms with van der Waals surface area (Å²) in [5, 5.41) is 0. The molecule has 1 heterocycles. The molecule has 0 N–H and O–H groups in total. The largest absolute Gasteiger partial charge is 0.497 e. The van der Waals surface area contributed by atoms with Gasteiger partial charge in [0.15, 0.2) is 0 Å². The lowest BCUT2D eigenvalue weighted by Crippen LogP contribution is -2.02. The molecule has 16 heavy (non-hydrogen) atoms. The van der Waals surface area contributed by atoms with Crippen molar-refractivity contribution in [2.24, 2.45) is 4.99 Å². The SMILES string of the molecule is COc1ccc(F)c(C2=NC=C(C=O)C2)c1. The van der Waals surface area contributed by atoms with Crippen LogP contribution in [0.4, 0.5) is 4.39 Å². The summed E-state index contributed by atoms with van der Waals surface area (Å²) in [5.41, 5.74) is 1.49. The quantitative estimate of drug-likeness (QED) is 0.730. The number of halogens is 1. The highest BCUT2D eigenvalue weighted by molar-refractivity contribution is 6.07. The van der Waals surface area contributed by atoms with Gasteiger partial charge in [-0.1, -0.05) is 0 Å². The van der Waals surface area contributed by atoms with E-state index in [0.717, 1.165) is 6.29 Å². The van der Waals surface area contributed by atoms with Gasteiger partial charge in [0.05, 0.1) is 12.8 Å². The Kier molecular flexibility index (Phi) is 2.81. The second-order valence-corrected chi connectivity index (χ2v) is 3.42. The zero-order chi connectivity index (χ0) is 11.5. The van der Waals surface area contributed by atoms with Crippen LogP contribution in [-0.4, -0.2) is 19.1 Å². The van der Waals surface area contributed by atoms with Gasteiger partial charge < -0.3 is 4.74 Å². The average molecular weight is 219 g/mol. The molecule has 1 aliphatic heterocycles. The van der Waals surface area contributed by atoms with Gasteiger partial charge in [0, 0.05) is 23.8 Å². The van der Waals surface area contributed by atoms with E-state index in [1.54, 1.807) is 12.1 Å². The van der Waals surface area contributed by atoms with Crippen molar-refractivity contribution < 1.29 is 13.9 Å². The van der Waals surface area contributed by atoms with E-state index in [2.05, 4.69) is 4.99 Å². The van der Waals surface area contributed by atoms with Crippen LogP contribution in [0.1, 0.15) is 12.0 Å². The number of aldehydes is 1. The highest BCUT2D eigenvalue weighted by Gasteiger charge is 2.16. The zero-order valence-electron chi connectivity index (χ0n) is 8.74. The molecular weight excluding hydrogens is 209 g/mol. The number of methoxy groups -OCH3 is 1. The number of nitrogens with zero attached hydrogens (tertiary/aromatic N) is 1. The summed E-state index contributed by atoms with van der Waals surface area (Å²) in [7, 11) is 1.52. The standard InChI is InChI=1S/C12H10FNO2/c1-16-9-2-3-11(13)10(5-9)12-4-8(7-15)6-14-12/h2-3,5-7H,4H2,1H3. The first-order chi connectivity index (χ1) is 7.74. The summed E-state index contributed by atoms with van der Waals surface area (Å²) < 4.78 is 18.6. The lowest BCUT2D eigenvalue weighted by molar-refractivity contribution is -0.104. The molecule has 0 spiro atoms. The van der Waals surface area contributed by atoms with Gasteiger partial charge >= 0.3 is 0 Å². The van der Waals surface area contributed by atoms with E-state index in [1.807, 2.05) is 0 Å². The molecule has 0 aromatic heterocycles. The van der Waals surface area contributed by atoms with Gasteiger partial charge in [0.2, 0.25) is 0 Å². The molecule has 0 aliphatic carbocycles. The smallest absolute Gasteiger partial charge is 0.147 e. The molecule has 4 heteroatoms. The van der Waals surface area contributed by atoms with Crippen LogP contribution in [0.5, 0.6) is 5.75 Å². The number of ether oxygens (including phenoxy) is 1. The van der Waals surface area contributed by atoms with Gasteiger partial charge in [-0.05, 0) is 18.2 Å². The molecule has 2 rings (SSSR count). The molecule has 0 fully saturated rings. The summed E-state index contributed by atoms with van der Waals surface area (Å²) in [4.78, 5) is 14.6. The number of carbonyl (C=O) groups is 1. The van der Waals surface area contributed by atoms with Crippen molar-refractivity contribution in [2.45, 2.75) is 6.42 Å². The minimum absolute atomic E-state index is 0.361. The Balaban J connectivity index is 2.32. The first-order valence-electron chi connectivity index (χ1n) is 4.79. The van der Waals surface area contributed by atoms with Crippen molar-refractivity contribution in [1.82, 2.24) is 0 Å². The van der Waals surface area contributed by atoms with Gasteiger partial charge in [0.25, 0.3) is 0 Å². The maximum Gasteiger partial charge on any atom is 0.147 e. The van der Waals surface area contributed by atoms with Crippen molar-refractivity contribution in [3.8, 4) is 5.75 Å². The number of hydrogen-bond donors (Lipinski definition) is 0. The monoisotopic (exact) mass is 219 g/mol. The first-order valence-corrected chi connectivity index (χ1v) is 4.79. The molecule has 0 saturated carbocycles. The number of allylic oxidation sites excluding steroid dienone is 1. The van der Waals surface area contributed by atoms with E-state index < -0.39 is 0 Å². The molecule has 0 saturated heterocycles. The fourth-order valence-electron chi connectivity index (χ4n) is 1.53. The number of carbonyl (C=O) groups excluding carboxylic acids is 1. The van der Waals surface area contributed by atoms with Crippen molar-refractivity contribution >= 4 is 12.0 Å². The predicted octanol–water partition coefficient (Wildman–Crippen LogP) is 2.11. The number of aliphatic imine (C=N–C) groups is 1. The van der Waals surface area contributed by atoms with Crippen LogP contribution in [0.25, 0.3) is 0 Å². The van der Waals surface area contributed by atoms with Crippen LogP contribution in [-0.2, 0) is 4.79 Å². The average Bonchev–Trinajstić information content (AvgIpc) is 2.78. The summed E-state index contributed by atoms with van der Waals surface area (Å²) >= 11 is 0. The summed E-state index contributed by atoms with van der Waals surface area (Å²) in [6.07, 6.45) is 2.56. The molecule has 0 bridgehead atoms. The Bertz CT molecular complexity index is 492. The Hall–Kier alpha value is -1.97. The van der Waals surface area contributed by atoms with E-state index in [0.29, 0.717) is 29.0 Å². The minimum atomic E-state index is -0.361. The van der Waals surface area contributed by atoms with E-state index in [9.17, 15) is 9.18 Å². The zero-order valence-corrected chi connectivity index (χ0v) is 8.74. The Morgan fingerprint density at radius 1 is 1.50 bits per heavy atom. The summed E-state index contributed by atoms with van der Waals surface area (Å²) in [6, 6.07) is 4.45. The predicted molar refractivity (Wildman–Crippen MR) is 58.3 cm³/mol. The second kappa shape index (κ2) is 4.26. The molecule has 1 aliphatic rings. The molecule has 1 aromatic carbocycles. The molecule has 0 amide bonds. The molecule has 0 radical (unpaired) electrons. The van der Waals surface area contributed by atoms with Gasteiger partial charge in [-0.2, -0.15) is 0 Å². The van der Waals surface area contributed by atoms with Crippen molar-refractivity contribution in [3.05, 3.63) is 41.4 Å². The number of benzene rings is 1. The van der Waals surface area contributed by atoms with Crippen LogP contribution in [0.2, 0.25) is 0 Å². The molecule has 0 unspecified atom stereocenters. The third-order valence-electron chi connectivity index (χ3n) is 2.39. The molecular formula is C12H10FNO2. The normalized spacial score (nSPS) is 14.4. The molecule has 1 aromatic rings. The van der Waals surface area contributed by atoms with Crippen LogP contribution in [0.3, 0.4) is 0 Å². The summed E-state index contributed by atoms with van der Waals surface area (Å²) in [6.45, 7) is 0. The fraction of sp³-hybridized carbons (Fsp3) is 0.167. The Morgan fingerprint density at radius 2 is 2.31 bits per heavy atom. The van der Waals surface area contributed by atoms with Crippen molar-refractivity contribution in [1.29, 1.82) is 0 Å². The highest BCUT2D eigenvalue weighted by atomic mass is 19.1. The third-order valence-corrected chi connectivity index (χ3v) is 2.39. The van der Waals surface area contributed by atoms with E-state index in [4.69, 9.17) is 4.74 Å². The van der Waals surface area contributed by atoms with Crippen LogP contribution >= 0.6 is 0 Å². The van der Waals surface area contributed by atoms with E-state index in [1.165, 1.54) is 19.4 Å². The maximum absolute atomic E-state index is 13.5. The van der Waals surface area contributed by atoms with Crippen LogP contribution in [0, 0.1) is 5.82 Å². The second-order valence-electron chi connectivity index (χ2n) is 3.42. The number of hydrogen-bond acceptors (Lipinski definition) is 3. The van der Waals surface area contributed by atoms with E-state index in [-0.39, 0.29) is 5.82 Å². The molecule has 82 valence electrons. The van der Waals surface area contributed by atoms with Gasteiger partial charge in [-0.15, -0.1) is 0 Å². The highest BCUT2D eigenvalue weighted by Crippen LogP contribution is 2.22. The fourth-order valence-corrected chi connectivity index (χ4v) is 1.53. The summed E-state index contributed by atoms with van der Waals surface area (Å²) in [5.74, 6) is 0.207. The van der Waals surface area contributed by atoms with Gasteiger partial charge in [0.1, 0.15) is 17.9 Å².